The van der Waals surface area contributed by atoms with Gasteiger partial charge in [0.2, 0.25) is 0 Å². The lowest BCUT2D eigenvalue weighted by Gasteiger charge is -2.20. The Morgan fingerprint density at radius 3 is 3.00 bits per heavy atom. The molecule has 92 valence electrons. The normalized spacial score (nSPS) is 16.7. The summed E-state index contributed by atoms with van der Waals surface area (Å²) in [6.07, 6.45) is 0.945. The molecule has 0 unspecified atom stereocenters. The fraction of sp³-hybridized carbons (Fsp3) is 0.462. The van der Waals surface area contributed by atoms with Crippen LogP contribution < -0.4 is 5.32 Å². The molecule has 0 atom stereocenters. The topological polar surface area (TPSA) is 32.3 Å². The fourth-order valence-electron chi connectivity index (χ4n) is 2.04. The number of aryl methyl sites for hydroxylation is 1. The smallest absolute Gasteiger partial charge is 0.254 e. The maximum absolute atomic E-state index is 13.2. The molecule has 1 fully saturated rings. The predicted octanol–water partition coefficient (Wildman–Crippen LogP) is 1.57. The highest BCUT2D eigenvalue weighted by Gasteiger charge is 2.18. The van der Waals surface area contributed by atoms with E-state index < -0.39 is 0 Å². The summed E-state index contributed by atoms with van der Waals surface area (Å²) in [6, 6.07) is 4.37. The lowest BCUT2D eigenvalue weighted by Crippen LogP contribution is -2.34. The van der Waals surface area contributed by atoms with Crippen LogP contribution in [0.2, 0.25) is 0 Å². The van der Waals surface area contributed by atoms with E-state index in [1.54, 1.807) is 11.0 Å². The summed E-state index contributed by atoms with van der Waals surface area (Å²) in [4.78, 5) is 14.1. The quantitative estimate of drug-likeness (QED) is 0.802. The van der Waals surface area contributed by atoms with Gasteiger partial charge in [0.15, 0.2) is 0 Å². The molecule has 4 heteroatoms. The highest BCUT2D eigenvalue weighted by molar-refractivity contribution is 5.95. The number of nitrogens with zero attached hydrogens (tertiary/aromatic N) is 1. The Kier molecular flexibility index (Phi) is 3.74. The average Bonchev–Trinajstić information content (AvgIpc) is 2.60. The zero-order chi connectivity index (χ0) is 12.3. The van der Waals surface area contributed by atoms with Gasteiger partial charge in [-0.15, -0.1) is 0 Å². The van der Waals surface area contributed by atoms with Crippen molar-refractivity contribution in [3.05, 3.63) is 35.1 Å². The largest absolute Gasteiger partial charge is 0.337 e. The minimum absolute atomic E-state index is 0.0642. The molecular weight excluding hydrogens is 219 g/mol. The van der Waals surface area contributed by atoms with Crippen LogP contribution >= 0.6 is 0 Å². The molecule has 2 rings (SSSR count). The summed E-state index contributed by atoms with van der Waals surface area (Å²) in [7, 11) is 0. The molecule has 1 aliphatic rings. The summed E-state index contributed by atoms with van der Waals surface area (Å²) >= 11 is 0. The molecule has 0 aliphatic carbocycles. The number of nitrogens with one attached hydrogen (secondary N) is 1. The van der Waals surface area contributed by atoms with E-state index in [2.05, 4.69) is 5.32 Å². The minimum Gasteiger partial charge on any atom is -0.337 e. The predicted molar refractivity (Wildman–Crippen MR) is 64.5 cm³/mol. The van der Waals surface area contributed by atoms with Crippen molar-refractivity contribution in [3.63, 3.8) is 0 Å². The molecule has 0 bridgehead atoms. The van der Waals surface area contributed by atoms with Gasteiger partial charge >= 0.3 is 0 Å². The van der Waals surface area contributed by atoms with Gasteiger partial charge in [-0.05, 0) is 37.6 Å². The molecule has 1 aromatic carbocycles. The molecule has 3 nitrogen and oxygen atoms in total. The van der Waals surface area contributed by atoms with Crippen LogP contribution in [0.15, 0.2) is 18.2 Å². The number of hydrogen-bond acceptors (Lipinski definition) is 2. The summed E-state index contributed by atoms with van der Waals surface area (Å²) in [5.74, 6) is -0.419. The number of rotatable bonds is 1. The Bertz CT molecular complexity index is 412. The van der Waals surface area contributed by atoms with Crippen LogP contribution in [0.25, 0.3) is 0 Å². The number of benzene rings is 1. The van der Waals surface area contributed by atoms with Crippen LogP contribution in [-0.2, 0) is 0 Å². The van der Waals surface area contributed by atoms with Crippen molar-refractivity contribution >= 4 is 5.91 Å². The van der Waals surface area contributed by atoms with Crippen molar-refractivity contribution in [1.29, 1.82) is 0 Å². The second-order valence-electron chi connectivity index (χ2n) is 4.35. The van der Waals surface area contributed by atoms with E-state index in [0.29, 0.717) is 12.1 Å². The lowest BCUT2D eigenvalue weighted by molar-refractivity contribution is 0.0765. The first-order valence-corrected chi connectivity index (χ1v) is 5.94. The highest BCUT2D eigenvalue weighted by atomic mass is 19.1. The number of hydrogen-bond donors (Lipinski definition) is 1. The summed E-state index contributed by atoms with van der Waals surface area (Å²) in [6.45, 7) is 5.01. The van der Waals surface area contributed by atoms with Crippen molar-refractivity contribution in [2.45, 2.75) is 13.3 Å². The first-order valence-electron chi connectivity index (χ1n) is 5.94. The third kappa shape index (κ3) is 2.82. The van der Waals surface area contributed by atoms with E-state index in [4.69, 9.17) is 0 Å². The first kappa shape index (κ1) is 12.0. The molecule has 1 amide bonds. The van der Waals surface area contributed by atoms with Crippen molar-refractivity contribution in [1.82, 2.24) is 10.2 Å². The second-order valence-corrected chi connectivity index (χ2v) is 4.35. The Balaban J connectivity index is 2.20. The van der Waals surface area contributed by atoms with Crippen LogP contribution in [0.5, 0.6) is 0 Å². The van der Waals surface area contributed by atoms with Crippen molar-refractivity contribution in [2.75, 3.05) is 26.2 Å². The number of carbonyl (C=O) groups is 1. The van der Waals surface area contributed by atoms with Gasteiger partial charge in [-0.25, -0.2) is 4.39 Å². The van der Waals surface area contributed by atoms with E-state index in [-0.39, 0.29) is 11.7 Å². The van der Waals surface area contributed by atoms with E-state index in [9.17, 15) is 9.18 Å². The Labute approximate surface area is 101 Å². The number of amides is 1. The van der Waals surface area contributed by atoms with Crippen LogP contribution in [-0.4, -0.2) is 37.0 Å². The monoisotopic (exact) mass is 236 g/mol. The molecular formula is C13H17FN2O. The van der Waals surface area contributed by atoms with Crippen LogP contribution in [0.3, 0.4) is 0 Å². The lowest BCUT2D eigenvalue weighted by atomic mass is 10.1. The van der Waals surface area contributed by atoms with Gasteiger partial charge in [-0.2, -0.15) is 0 Å². The summed E-state index contributed by atoms with van der Waals surface area (Å²) < 4.78 is 13.2. The van der Waals surface area contributed by atoms with Crippen LogP contribution in [0.4, 0.5) is 4.39 Å². The van der Waals surface area contributed by atoms with Gasteiger partial charge in [0, 0.05) is 25.2 Å². The van der Waals surface area contributed by atoms with Crippen molar-refractivity contribution in [2.24, 2.45) is 0 Å². The van der Waals surface area contributed by atoms with E-state index in [1.165, 1.54) is 12.1 Å². The number of halogens is 1. The van der Waals surface area contributed by atoms with Gasteiger partial charge in [-0.1, -0.05) is 6.07 Å². The molecule has 0 radical (unpaired) electrons. The zero-order valence-corrected chi connectivity index (χ0v) is 10.0. The van der Waals surface area contributed by atoms with Crippen molar-refractivity contribution in [3.8, 4) is 0 Å². The average molecular weight is 236 g/mol. The number of carbonyl (C=O) groups excluding carboxylic acids is 1. The standard InChI is InChI=1S/C13H17FN2O/c1-10-3-4-11(14)9-12(10)13(17)16-7-2-5-15-6-8-16/h3-4,9,15H,2,5-8H2,1H3. The van der Waals surface area contributed by atoms with Crippen LogP contribution in [0, 0.1) is 12.7 Å². The Morgan fingerprint density at radius 1 is 1.35 bits per heavy atom. The van der Waals surface area contributed by atoms with Gasteiger partial charge in [0.25, 0.3) is 5.91 Å². The third-order valence-electron chi connectivity index (χ3n) is 3.06. The first-order chi connectivity index (χ1) is 8.18. The van der Waals surface area contributed by atoms with E-state index in [1.807, 2.05) is 6.92 Å². The zero-order valence-electron chi connectivity index (χ0n) is 10.0. The van der Waals surface area contributed by atoms with Gasteiger partial charge in [0.1, 0.15) is 5.82 Å². The molecule has 1 saturated heterocycles. The van der Waals surface area contributed by atoms with Crippen molar-refractivity contribution < 1.29 is 9.18 Å². The molecule has 1 heterocycles. The maximum atomic E-state index is 13.2. The molecule has 0 saturated carbocycles. The molecule has 1 aliphatic heterocycles. The second kappa shape index (κ2) is 5.27. The van der Waals surface area contributed by atoms with Gasteiger partial charge in [-0.3, -0.25) is 4.79 Å². The molecule has 0 aromatic heterocycles. The van der Waals surface area contributed by atoms with E-state index >= 15 is 0 Å². The van der Waals surface area contributed by atoms with Crippen LogP contribution in [0.1, 0.15) is 22.3 Å². The van der Waals surface area contributed by atoms with E-state index in [0.717, 1.165) is 31.6 Å². The maximum Gasteiger partial charge on any atom is 0.254 e. The molecule has 0 spiro atoms. The Morgan fingerprint density at radius 2 is 2.18 bits per heavy atom. The Hall–Kier alpha value is -1.42. The summed E-state index contributed by atoms with van der Waals surface area (Å²) in [5.41, 5.74) is 1.31. The SMILES string of the molecule is Cc1ccc(F)cc1C(=O)N1CCCNCC1. The minimum atomic E-state index is -0.355. The molecule has 1 N–H and O–H groups in total. The highest BCUT2D eigenvalue weighted by Crippen LogP contribution is 2.13. The van der Waals surface area contributed by atoms with Gasteiger partial charge in [0.05, 0.1) is 0 Å². The summed E-state index contributed by atoms with van der Waals surface area (Å²) in [5, 5.41) is 3.24. The third-order valence-corrected chi connectivity index (χ3v) is 3.06. The molecule has 1 aromatic rings. The molecule has 17 heavy (non-hydrogen) atoms. The fourth-order valence-corrected chi connectivity index (χ4v) is 2.04. The van der Waals surface area contributed by atoms with Gasteiger partial charge < -0.3 is 10.2 Å².